The molecule has 0 radical (unpaired) electrons. The Bertz CT molecular complexity index is 1660. The molecule has 1 aliphatic carbocycles. The van der Waals surface area contributed by atoms with E-state index in [1.165, 1.54) is 16.5 Å². The summed E-state index contributed by atoms with van der Waals surface area (Å²) in [5.41, 5.74) is 8.82. The van der Waals surface area contributed by atoms with E-state index in [0.29, 0.717) is 0 Å². The molecule has 4 nitrogen and oxygen atoms in total. The molecule has 30 heavy (non-hydrogen) atoms. The lowest BCUT2D eigenvalue weighted by Gasteiger charge is -2.08. The molecule has 0 saturated carbocycles. The Balaban J connectivity index is 1.70. The van der Waals surface area contributed by atoms with Crippen molar-refractivity contribution in [1.29, 1.82) is 0 Å². The molecule has 3 aromatic carbocycles. The first kappa shape index (κ1) is 16.1. The van der Waals surface area contributed by atoms with Crippen LogP contribution in [0.25, 0.3) is 50.6 Å². The predicted octanol–water partition coefficient (Wildman–Crippen LogP) is 6.45. The van der Waals surface area contributed by atoms with Gasteiger partial charge < -0.3 is 4.42 Å². The van der Waals surface area contributed by atoms with E-state index in [1.54, 1.807) is 0 Å². The fraction of sp³-hybridized carbons (Fsp3) is 0.115. The van der Waals surface area contributed by atoms with E-state index in [1.807, 2.05) is 6.07 Å². The summed E-state index contributed by atoms with van der Waals surface area (Å²) in [5.74, 6) is 1.99. The lowest BCUT2D eigenvalue weighted by molar-refractivity contribution is 0.545. The van der Waals surface area contributed by atoms with Crippen molar-refractivity contribution in [2.45, 2.75) is 19.8 Å². The number of rotatable bonds is 1. The zero-order valence-electron chi connectivity index (χ0n) is 16.6. The Morgan fingerprint density at radius 1 is 0.933 bits per heavy atom. The van der Waals surface area contributed by atoms with Crippen LogP contribution in [0.15, 0.2) is 71.2 Å². The van der Waals surface area contributed by atoms with E-state index in [4.69, 9.17) is 9.40 Å². The van der Waals surface area contributed by atoms with Crippen molar-refractivity contribution < 1.29 is 4.42 Å². The molecule has 3 heterocycles. The zero-order valence-corrected chi connectivity index (χ0v) is 16.6. The van der Waals surface area contributed by atoms with Crippen LogP contribution < -0.4 is 0 Å². The number of benzene rings is 3. The normalized spacial score (nSPS) is 13.8. The van der Waals surface area contributed by atoms with Gasteiger partial charge in [0.05, 0.1) is 27.8 Å². The Morgan fingerprint density at radius 2 is 1.73 bits per heavy atom. The smallest absolute Gasteiger partial charge is 0.220 e. The van der Waals surface area contributed by atoms with Gasteiger partial charge in [-0.1, -0.05) is 36.4 Å². The lowest BCUT2D eigenvalue weighted by atomic mass is 10.0. The van der Waals surface area contributed by atoms with Crippen LogP contribution in [0.5, 0.6) is 0 Å². The van der Waals surface area contributed by atoms with E-state index < -0.39 is 0 Å². The number of imidazole rings is 2. The average molecular weight is 389 g/mol. The number of aryl methyl sites for hydroxylation is 2. The van der Waals surface area contributed by atoms with Crippen LogP contribution in [0.3, 0.4) is 0 Å². The third-order valence-corrected chi connectivity index (χ3v) is 6.20. The number of hydrogen-bond donors (Lipinski definition) is 0. The zero-order chi connectivity index (χ0) is 19.8. The van der Waals surface area contributed by atoms with Gasteiger partial charge in [-0.15, -0.1) is 0 Å². The van der Waals surface area contributed by atoms with Gasteiger partial charge in [0.15, 0.2) is 5.58 Å². The quantitative estimate of drug-likeness (QED) is 0.324. The molecule has 0 bridgehead atoms. The lowest BCUT2D eigenvalue weighted by Crippen LogP contribution is -1.96. The molecule has 6 aromatic rings. The molecule has 0 saturated heterocycles. The van der Waals surface area contributed by atoms with Crippen LogP contribution in [0, 0.1) is 6.92 Å². The monoisotopic (exact) mass is 389 g/mol. The molecule has 0 N–H and O–H groups in total. The maximum atomic E-state index is 6.46. The average Bonchev–Trinajstić information content (AvgIpc) is 3.42. The van der Waals surface area contributed by atoms with E-state index >= 15 is 0 Å². The number of furan rings is 1. The highest BCUT2D eigenvalue weighted by molar-refractivity contribution is 5.98. The number of aromatic nitrogens is 3. The van der Waals surface area contributed by atoms with E-state index in [0.717, 1.165) is 57.7 Å². The summed E-state index contributed by atoms with van der Waals surface area (Å²) < 4.78 is 11.0. The third kappa shape index (κ3) is 1.98. The molecular weight excluding hydrogens is 370 g/mol. The Labute approximate surface area is 172 Å². The standard InChI is InChI=1S/C26H19N3O/c1-16-14-18-17-8-2-7-13-24(17)30-25(18)23(15-16)29-22-12-6-5-11-21(22)28-20-10-4-3-9-19(20)27-26(28)29/h2-6,8-12,14-15H,7,13H2,1H3. The number of nitrogens with zero attached hydrogens (tertiary/aromatic N) is 3. The predicted molar refractivity (Wildman–Crippen MR) is 121 cm³/mol. The van der Waals surface area contributed by atoms with E-state index in [9.17, 15) is 0 Å². The van der Waals surface area contributed by atoms with Crippen molar-refractivity contribution in [3.05, 3.63) is 83.6 Å². The highest BCUT2D eigenvalue weighted by Crippen LogP contribution is 2.38. The largest absolute Gasteiger partial charge is 0.458 e. The van der Waals surface area contributed by atoms with Gasteiger partial charge in [-0.2, -0.15) is 0 Å². The molecule has 0 unspecified atom stereocenters. The second-order valence-electron chi connectivity index (χ2n) is 8.10. The van der Waals surface area contributed by atoms with Gasteiger partial charge in [-0.3, -0.25) is 8.97 Å². The van der Waals surface area contributed by atoms with Crippen LogP contribution >= 0.6 is 0 Å². The molecule has 0 spiro atoms. The highest BCUT2D eigenvalue weighted by Gasteiger charge is 2.22. The summed E-state index contributed by atoms with van der Waals surface area (Å²) in [4.78, 5) is 5.02. The van der Waals surface area contributed by atoms with Crippen molar-refractivity contribution in [3.8, 4) is 5.69 Å². The van der Waals surface area contributed by atoms with Crippen LogP contribution in [-0.2, 0) is 6.42 Å². The number of allylic oxidation sites excluding steroid dienone is 1. The SMILES string of the molecule is Cc1cc(-n2c3ccccc3n3c4ccccc4nc23)c2oc3c(c2c1)C=CCC3. The first-order valence-electron chi connectivity index (χ1n) is 10.4. The molecule has 0 fully saturated rings. The maximum Gasteiger partial charge on any atom is 0.220 e. The van der Waals surface area contributed by atoms with Gasteiger partial charge in [0.25, 0.3) is 0 Å². The van der Waals surface area contributed by atoms with Crippen LogP contribution in [-0.4, -0.2) is 14.0 Å². The van der Waals surface area contributed by atoms with E-state index in [-0.39, 0.29) is 0 Å². The molecule has 1 aliphatic rings. The summed E-state index contributed by atoms with van der Waals surface area (Å²) in [7, 11) is 0. The molecule has 0 amide bonds. The molecule has 144 valence electrons. The fourth-order valence-electron chi connectivity index (χ4n) is 4.93. The summed E-state index contributed by atoms with van der Waals surface area (Å²) in [5, 5.41) is 1.18. The van der Waals surface area contributed by atoms with Crippen LogP contribution in [0.1, 0.15) is 23.3 Å². The number of para-hydroxylation sites is 4. The molecule has 7 rings (SSSR count). The molecule has 4 heteroatoms. The van der Waals surface area contributed by atoms with E-state index in [2.05, 4.69) is 82.6 Å². The van der Waals surface area contributed by atoms with Crippen molar-refractivity contribution in [2.24, 2.45) is 0 Å². The third-order valence-electron chi connectivity index (χ3n) is 6.20. The fourth-order valence-corrected chi connectivity index (χ4v) is 4.93. The van der Waals surface area contributed by atoms with Crippen molar-refractivity contribution in [1.82, 2.24) is 14.0 Å². The minimum atomic E-state index is 0.911. The maximum absolute atomic E-state index is 6.46. The van der Waals surface area contributed by atoms with Gasteiger partial charge in [-0.05, 0) is 55.3 Å². The van der Waals surface area contributed by atoms with Crippen molar-refractivity contribution in [2.75, 3.05) is 0 Å². The van der Waals surface area contributed by atoms with Gasteiger partial charge in [0, 0.05) is 17.4 Å². The summed E-state index contributed by atoms with van der Waals surface area (Å²) in [6, 6.07) is 21.3. The number of fused-ring (bicyclic) bond motifs is 8. The Hall–Kier alpha value is -3.79. The van der Waals surface area contributed by atoms with Gasteiger partial charge >= 0.3 is 0 Å². The topological polar surface area (TPSA) is 35.4 Å². The Kier molecular flexibility index (Phi) is 3.02. The van der Waals surface area contributed by atoms with Gasteiger partial charge in [-0.25, -0.2) is 4.98 Å². The van der Waals surface area contributed by atoms with Crippen molar-refractivity contribution in [3.63, 3.8) is 0 Å². The Morgan fingerprint density at radius 3 is 2.63 bits per heavy atom. The molecule has 3 aromatic heterocycles. The van der Waals surface area contributed by atoms with Crippen LogP contribution in [0.2, 0.25) is 0 Å². The minimum absolute atomic E-state index is 0.911. The summed E-state index contributed by atoms with van der Waals surface area (Å²) in [6.45, 7) is 2.15. The van der Waals surface area contributed by atoms with Crippen molar-refractivity contribution >= 4 is 44.9 Å². The minimum Gasteiger partial charge on any atom is -0.458 e. The van der Waals surface area contributed by atoms with Gasteiger partial charge in [0.1, 0.15) is 5.76 Å². The summed E-state index contributed by atoms with van der Waals surface area (Å²) in [6.07, 6.45) is 6.43. The molecular formula is C26H19N3O. The second-order valence-corrected chi connectivity index (χ2v) is 8.10. The highest BCUT2D eigenvalue weighted by atomic mass is 16.3. The number of hydrogen-bond acceptors (Lipinski definition) is 2. The van der Waals surface area contributed by atoms with Crippen LogP contribution in [0.4, 0.5) is 0 Å². The summed E-state index contributed by atoms with van der Waals surface area (Å²) >= 11 is 0. The first-order valence-corrected chi connectivity index (χ1v) is 10.4. The first-order chi connectivity index (χ1) is 14.8. The second kappa shape index (κ2) is 5.63. The molecule has 0 atom stereocenters. The van der Waals surface area contributed by atoms with Gasteiger partial charge in [0.2, 0.25) is 5.78 Å². The molecule has 0 aliphatic heterocycles.